The summed E-state index contributed by atoms with van der Waals surface area (Å²) in [5, 5.41) is 41.3. The second-order valence-electron chi connectivity index (χ2n) is 18.9. The Kier molecular flexibility index (Phi) is 15.8. The number of piperazine rings is 2. The third-order valence-corrected chi connectivity index (χ3v) is 13.9. The van der Waals surface area contributed by atoms with Crippen molar-refractivity contribution >= 4 is 46.8 Å². The van der Waals surface area contributed by atoms with Gasteiger partial charge in [-0.3, -0.25) is 24.6 Å². The SMILES string of the molecule is C[C@@H]1CNCCN1CCOc1cc(N2C3CCC2CN(c2cc(-c4ccccc4O)nnc2NC(=O)OCc2ccc(NC(=O)[C@H](CCCCN(C)C)NC(=O)C4(C(=O)O)CCC4)cc2)C3)ccn1. The van der Waals surface area contributed by atoms with Crippen molar-refractivity contribution in [1.29, 1.82) is 0 Å². The number of aromatic nitrogens is 3. The molecule has 2 aromatic heterocycles. The molecule has 69 heavy (non-hydrogen) atoms. The topological polar surface area (TPSA) is 227 Å². The Morgan fingerprint density at radius 3 is 2.43 bits per heavy atom. The molecule has 4 fully saturated rings. The lowest BCUT2D eigenvalue weighted by Crippen LogP contribution is -2.55. The Bertz CT molecular complexity index is 2420. The highest BCUT2D eigenvalue weighted by atomic mass is 16.5. The molecule has 3 amide bonds. The van der Waals surface area contributed by atoms with Crippen LogP contribution in [-0.2, 0) is 25.7 Å². The molecule has 4 aliphatic rings. The molecule has 6 N–H and O–H groups in total. The zero-order chi connectivity index (χ0) is 48.5. The van der Waals surface area contributed by atoms with Gasteiger partial charge in [0.25, 0.3) is 0 Å². The number of carbonyl (C=O) groups is 4. The number of phenolic OH excluding ortho intramolecular Hbond substituents is 1. The van der Waals surface area contributed by atoms with Gasteiger partial charge in [0.2, 0.25) is 17.7 Å². The number of aliphatic carboxylic acids is 1. The number of para-hydroxylation sites is 1. The third-order valence-electron chi connectivity index (χ3n) is 13.9. The number of hydrogen-bond acceptors (Lipinski definition) is 15. The largest absolute Gasteiger partial charge is 0.507 e. The molecule has 1 aliphatic carbocycles. The van der Waals surface area contributed by atoms with Gasteiger partial charge in [0, 0.05) is 86.6 Å². The predicted molar refractivity (Wildman–Crippen MR) is 261 cm³/mol. The molecule has 368 valence electrons. The van der Waals surface area contributed by atoms with Crippen LogP contribution in [0, 0.1) is 5.41 Å². The number of anilines is 4. The number of carboxylic acids is 1. The number of phenols is 1. The Labute approximate surface area is 402 Å². The van der Waals surface area contributed by atoms with Crippen molar-refractivity contribution in [3.63, 3.8) is 0 Å². The molecular weight excluding hydrogens is 883 g/mol. The fourth-order valence-electron chi connectivity index (χ4n) is 9.78. The maximum atomic E-state index is 13.5. The van der Waals surface area contributed by atoms with E-state index in [4.69, 9.17) is 9.47 Å². The number of pyridine rings is 1. The Morgan fingerprint density at radius 2 is 1.74 bits per heavy atom. The van der Waals surface area contributed by atoms with Gasteiger partial charge in [0.1, 0.15) is 30.4 Å². The van der Waals surface area contributed by atoms with E-state index in [1.54, 1.807) is 48.7 Å². The first-order valence-corrected chi connectivity index (χ1v) is 24.1. The maximum Gasteiger partial charge on any atom is 0.413 e. The number of hydrogen-bond donors (Lipinski definition) is 6. The summed E-state index contributed by atoms with van der Waals surface area (Å²) in [7, 11) is 3.92. The van der Waals surface area contributed by atoms with Gasteiger partial charge in [0.05, 0.1) is 11.4 Å². The van der Waals surface area contributed by atoms with Crippen LogP contribution in [0.2, 0.25) is 0 Å². The van der Waals surface area contributed by atoms with Crippen LogP contribution < -0.4 is 35.8 Å². The van der Waals surface area contributed by atoms with Gasteiger partial charge in [-0.2, -0.15) is 0 Å². The monoisotopic (exact) mass is 948 g/mol. The fraction of sp³-hybridized carbons (Fsp3) is 0.500. The Morgan fingerprint density at radius 1 is 0.971 bits per heavy atom. The molecule has 2 unspecified atom stereocenters. The molecule has 19 nitrogen and oxygen atoms in total. The van der Waals surface area contributed by atoms with Crippen molar-refractivity contribution in [3.8, 4) is 22.9 Å². The van der Waals surface area contributed by atoms with Crippen LogP contribution in [0.15, 0.2) is 72.9 Å². The van der Waals surface area contributed by atoms with E-state index in [-0.39, 0.29) is 43.1 Å². The van der Waals surface area contributed by atoms with Crippen LogP contribution >= 0.6 is 0 Å². The second kappa shape index (κ2) is 22.2. The maximum absolute atomic E-state index is 13.5. The first-order chi connectivity index (χ1) is 33.4. The summed E-state index contributed by atoms with van der Waals surface area (Å²) in [6.45, 7) is 8.57. The van der Waals surface area contributed by atoms with E-state index in [1.807, 2.05) is 43.3 Å². The Balaban J connectivity index is 0.900. The van der Waals surface area contributed by atoms with Gasteiger partial charge in [0.15, 0.2) is 5.82 Å². The number of amides is 3. The van der Waals surface area contributed by atoms with Crippen molar-refractivity contribution in [2.24, 2.45) is 5.41 Å². The molecule has 4 aromatic rings. The molecule has 2 aromatic carbocycles. The standard InChI is InChI=1S/C50H65N11O8/c1-33-29-51-22-24-59(33)25-26-68-44-27-36(18-21-52-44)61-37-16-17-38(61)31-60(30-37)42-28-41(39-9-4-5-11-43(39)62)56-57-45(42)55-49(67)69-32-34-12-14-35(15-13-34)53-46(63)40(10-6-7-23-58(2)3)54-47(64)50(48(65)66)19-8-20-50/h4-5,9,11-15,18,21,27-28,33,37-38,40,51,62H,6-8,10,16-17,19-20,22-26,29-32H2,1-3H3,(H,53,63)(H,54,64)(H,65,66)(H,55,57,67)/t33-,37?,38?,40+/m1/s1. The molecule has 3 saturated heterocycles. The number of benzene rings is 2. The summed E-state index contributed by atoms with van der Waals surface area (Å²) >= 11 is 0. The highest BCUT2D eigenvalue weighted by Crippen LogP contribution is 2.42. The molecule has 0 spiro atoms. The summed E-state index contributed by atoms with van der Waals surface area (Å²) in [6.07, 6.45) is 5.94. The molecule has 0 radical (unpaired) electrons. The molecule has 1 saturated carbocycles. The lowest BCUT2D eigenvalue weighted by atomic mass is 9.68. The summed E-state index contributed by atoms with van der Waals surface area (Å²) < 4.78 is 11.8. The van der Waals surface area contributed by atoms with Crippen molar-refractivity contribution in [2.45, 2.75) is 89.1 Å². The number of rotatable bonds is 20. The van der Waals surface area contributed by atoms with Gasteiger partial charge in [-0.1, -0.05) is 30.7 Å². The molecule has 2 bridgehead atoms. The molecule has 5 heterocycles. The predicted octanol–water partition coefficient (Wildman–Crippen LogP) is 4.93. The average Bonchev–Trinajstić information content (AvgIpc) is 3.58. The summed E-state index contributed by atoms with van der Waals surface area (Å²) in [4.78, 5) is 65.8. The van der Waals surface area contributed by atoms with Gasteiger partial charge in [-0.05, 0) is 114 Å². The summed E-state index contributed by atoms with van der Waals surface area (Å²) in [5.41, 5.74) is 2.29. The van der Waals surface area contributed by atoms with Crippen molar-refractivity contribution in [1.82, 2.24) is 35.6 Å². The van der Waals surface area contributed by atoms with Crippen LogP contribution in [0.3, 0.4) is 0 Å². The molecule has 19 heteroatoms. The number of unbranched alkanes of at least 4 members (excludes halogenated alkanes) is 1. The van der Waals surface area contributed by atoms with Crippen LogP contribution in [0.4, 0.5) is 27.7 Å². The third kappa shape index (κ3) is 11.8. The molecule has 3 aliphatic heterocycles. The van der Waals surface area contributed by atoms with Crippen molar-refractivity contribution in [3.05, 3.63) is 78.5 Å². The zero-order valence-corrected chi connectivity index (χ0v) is 39.7. The second-order valence-corrected chi connectivity index (χ2v) is 18.9. The van der Waals surface area contributed by atoms with E-state index in [1.165, 1.54) is 0 Å². The minimum absolute atomic E-state index is 0.0614. The number of nitrogens with zero attached hydrogens (tertiary/aromatic N) is 7. The summed E-state index contributed by atoms with van der Waals surface area (Å²) in [5.74, 6) is -1.36. The Hall–Kier alpha value is -6.57. The van der Waals surface area contributed by atoms with E-state index in [0.29, 0.717) is 79.1 Å². The van der Waals surface area contributed by atoms with E-state index < -0.39 is 35.3 Å². The normalized spacial score (nSPS) is 20.1. The first kappa shape index (κ1) is 48.9. The lowest BCUT2D eigenvalue weighted by molar-refractivity contribution is -0.162. The smallest absolute Gasteiger partial charge is 0.413 e. The van der Waals surface area contributed by atoms with Crippen LogP contribution in [-0.4, -0.2) is 150 Å². The zero-order valence-electron chi connectivity index (χ0n) is 39.7. The van der Waals surface area contributed by atoms with Crippen LogP contribution in [0.25, 0.3) is 11.3 Å². The van der Waals surface area contributed by atoms with E-state index in [2.05, 4.69) is 58.1 Å². The number of nitrogens with one attached hydrogen (secondary N) is 4. The van der Waals surface area contributed by atoms with Crippen LogP contribution in [0.1, 0.15) is 63.9 Å². The quantitative estimate of drug-likeness (QED) is 0.0510. The van der Waals surface area contributed by atoms with Crippen LogP contribution in [0.5, 0.6) is 11.6 Å². The number of carbonyl (C=O) groups excluding carboxylic acids is 3. The molecule has 4 atom stereocenters. The highest BCUT2D eigenvalue weighted by Gasteiger charge is 2.52. The van der Waals surface area contributed by atoms with Gasteiger partial charge < -0.3 is 50.3 Å². The average molecular weight is 948 g/mol. The number of fused-ring (bicyclic) bond motifs is 2. The number of aromatic hydroxyl groups is 1. The number of carboxylic acid groups (broad SMARTS) is 1. The highest BCUT2D eigenvalue weighted by molar-refractivity contribution is 6.05. The van der Waals surface area contributed by atoms with E-state index in [9.17, 15) is 29.4 Å². The van der Waals surface area contributed by atoms with Gasteiger partial charge in [-0.25, -0.2) is 9.78 Å². The minimum Gasteiger partial charge on any atom is -0.507 e. The fourth-order valence-corrected chi connectivity index (χ4v) is 9.78. The summed E-state index contributed by atoms with van der Waals surface area (Å²) in [6, 6.07) is 19.5. The molecular formula is C50H65N11O8. The van der Waals surface area contributed by atoms with Crippen molar-refractivity contribution < 1.29 is 38.9 Å². The van der Waals surface area contributed by atoms with Crippen molar-refractivity contribution in [2.75, 3.05) is 86.9 Å². The van der Waals surface area contributed by atoms with Gasteiger partial charge in [-0.15, -0.1) is 10.2 Å². The number of ether oxygens (including phenoxy) is 2. The van der Waals surface area contributed by atoms with E-state index >= 15 is 0 Å². The lowest BCUT2D eigenvalue weighted by Gasteiger charge is -2.43. The van der Waals surface area contributed by atoms with E-state index in [0.717, 1.165) is 57.7 Å². The minimum atomic E-state index is -1.50. The van der Waals surface area contributed by atoms with Gasteiger partial charge >= 0.3 is 12.1 Å². The first-order valence-electron chi connectivity index (χ1n) is 24.1. The molecule has 8 rings (SSSR count).